The van der Waals surface area contributed by atoms with Crippen molar-refractivity contribution in [3.05, 3.63) is 70.8 Å². The van der Waals surface area contributed by atoms with E-state index in [9.17, 15) is 9.59 Å². The summed E-state index contributed by atoms with van der Waals surface area (Å²) in [5, 5.41) is 7.06. The summed E-state index contributed by atoms with van der Waals surface area (Å²) in [5.74, 6) is -0.868. The Hall–Kier alpha value is -3.40. The van der Waals surface area contributed by atoms with E-state index in [4.69, 9.17) is 9.47 Å². The van der Waals surface area contributed by atoms with Crippen molar-refractivity contribution in [3.8, 4) is 0 Å². The molecule has 4 aromatic rings. The minimum absolute atomic E-state index is 0.266. The van der Waals surface area contributed by atoms with E-state index in [0.717, 1.165) is 21.9 Å². The number of carbonyl (C=O) groups excluding carboxylic acids is 2. The molecule has 0 aliphatic heterocycles. The van der Waals surface area contributed by atoms with Crippen LogP contribution in [0.25, 0.3) is 32.3 Å². The Bertz CT molecular complexity index is 1240. The largest absolute Gasteiger partial charge is 0.463 e. The third kappa shape index (κ3) is 2.67. The van der Waals surface area contributed by atoms with Crippen LogP contribution in [0.3, 0.4) is 0 Å². The van der Waals surface area contributed by atoms with E-state index in [1.54, 1.807) is 13.8 Å². The average Bonchev–Trinajstić information content (AvgIpc) is 2.77. The number of fused-ring (bicyclic) bond motifs is 3. The van der Waals surface area contributed by atoms with Crippen molar-refractivity contribution in [2.75, 3.05) is 13.2 Å². The Morgan fingerprint density at radius 1 is 0.700 bits per heavy atom. The lowest BCUT2D eigenvalue weighted by atomic mass is 9.78. The van der Waals surface area contributed by atoms with Gasteiger partial charge in [-0.1, -0.05) is 48.5 Å². The second kappa shape index (κ2) is 7.13. The summed E-state index contributed by atoms with van der Waals surface area (Å²) in [6.45, 7) is 4.08. The SMILES string of the molecule is CCOC(=O)C1=C(C(=O)OCC)Cc2c(c3cccc4ccc5cccc2c5c43)C1. The van der Waals surface area contributed by atoms with Gasteiger partial charge in [0.2, 0.25) is 0 Å². The zero-order valence-corrected chi connectivity index (χ0v) is 17.1. The lowest BCUT2D eigenvalue weighted by molar-refractivity contribution is -0.142. The highest BCUT2D eigenvalue weighted by atomic mass is 16.5. The summed E-state index contributed by atoms with van der Waals surface area (Å²) in [4.78, 5) is 25.5. The number of carbonyl (C=O) groups is 2. The second-order valence-electron chi connectivity index (χ2n) is 7.58. The third-order valence-electron chi connectivity index (χ3n) is 6.02. The van der Waals surface area contributed by atoms with E-state index in [0.29, 0.717) is 24.0 Å². The van der Waals surface area contributed by atoms with Gasteiger partial charge in [0.15, 0.2) is 0 Å². The molecule has 30 heavy (non-hydrogen) atoms. The smallest absolute Gasteiger partial charge is 0.334 e. The summed E-state index contributed by atoms with van der Waals surface area (Å²) in [6.07, 6.45) is 0.734. The topological polar surface area (TPSA) is 52.6 Å². The van der Waals surface area contributed by atoms with Crippen LogP contribution >= 0.6 is 0 Å². The van der Waals surface area contributed by atoms with E-state index >= 15 is 0 Å². The Labute approximate surface area is 174 Å². The van der Waals surface area contributed by atoms with Crippen molar-refractivity contribution in [1.29, 1.82) is 0 Å². The molecule has 1 aliphatic carbocycles. The van der Waals surface area contributed by atoms with Crippen molar-refractivity contribution >= 4 is 44.3 Å². The Balaban J connectivity index is 1.83. The zero-order valence-electron chi connectivity index (χ0n) is 17.1. The Morgan fingerprint density at radius 2 is 1.13 bits per heavy atom. The van der Waals surface area contributed by atoms with E-state index in [-0.39, 0.29) is 13.2 Å². The number of hydrogen-bond donors (Lipinski definition) is 0. The first-order chi connectivity index (χ1) is 14.6. The molecule has 0 saturated heterocycles. The van der Waals surface area contributed by atoms with Crippen LogP contribution in [0.15, 0.2) is 59.7 Å². The van der Waals surface area contributed by atoms with Gasteiger partial charge in [-0.15, -0.1) is 0 Å². The minimum Gasteiger partial charge on any atom is -0.463 e. The maximum Gasteiger partial charge on any atom is 0.334 e. The molecular formula is C26H22O4. The minimum atomic E-state index is -0.434. The van der Waals surface area contributed by atoms with Crippen molar-refractivity contribution in [1.82, 2.24) is 0 Å². The molecule has 4 heteroatoms. The van der Waals surface area contributed by atoms with E-state index in [1.807, 2.05) is 0 Å². The van der Waals surface area contributed by atoms with Crippen LogP contribution in [0, 0.1) is 0 Å². The van der Waals surface area contributed by atoms with Crippen molar-refractivity contribution in [2.24, 2.45) is 0 Å². The van der Waals surface area contributed by atoms with E-state index < -0.39 is 11.9 Å². The maximum atomic E-state index is 12.8. The molecule has 0 bridgehead atoms. The van der Waals surface area contributed by atoms with E-state index in [1.165, 1.54) is 21.5 Å². The van der Waals surface area contributed by atoms with Crippen LogP contribution in [0.5, 0.6) is 0 Å². The first-order valence-electron chi connectivity index (χ1n) is 10.4. The highest BCUT2D eigenvalue weighted by molar-refractivity contribution is 6.25. The third-order valence-corrected chi connectivity index (χ3v) is 6.02. The van der Waals surface area contributed by atoms with Gasteiger partial charge in [-0.3, -0.25) is 0 Å². The molecule has 0 radical (unpaired) electrons. The molecule has 4 nitrogen and oxygen atoms in total. The first-order valence-corrected chi connectivity index (χ1v) is 10.4. The quantitative estimate of drug-likeness (QED) is 0.354. The molecule has 0 fully saturated rings. The molecule has 0 saturated carbocycles. The van der Waals surface area contributed by atoms with Crippen LogP contribution in [0.1, 0.15) is 25.0 Å². The summed E-state index contributed by atoms with van der Waals surface area (Å²) in [7, 11) is 0. The summed E-state index contributed by atoms with van der Waals surface area (Å²) in [6, 6.07) is 16.9. The van der Waals surface area contributed by atoms with Gasteiger partial charge in [0, 0.05) is 12.8 Å². The average molecular weight is 398 g/mol. The molecule has 4 aromatic carbocycles. The molecule has 0 spiro atoms. The first kappa shape index (κ1) is 18.6. The molecule has 0 amide bonds. The fourth-order valence-corrected chi connectivity index (χ4v) is 4.78. The monoisotopic (exact) mass is 398 g/mol. The van der Waals surface area contributed by atoms with Crippen molar-refractivity contribution in [2.45, 2.75) is 26.7 Å². The molecule has 0 atom stereocenters. The molecule has 0 N–H and O–H groups in total. The number of rotatable bonds is 4. The van der Waals surface area contributed by atoms with Crippen molar-refractivity contribution in [3.63, 3.8) is 0 Å². The van der Waals surface area contributed by atoms with Gasteiger partial charge in [0.1, 0.15) is 0 Å². The van der Waals surface area contributed by atoms with Gasteiger partial charge in [-0.05, 0) is 57.3 Å². The lowest BCUT2D eigenvalue weighted by Crippen LogP contribution is -2.24. The van der Waals surface area contributed by atoms with Crippen LogP contribution in [0.2, 0.25) is 0 Å². The number of hydrogen-bond acceptors (Lipinski definition) is 4. The van der Waals surface area contributed by atoms with Gasteiger partial charge in [-0.2, -0.15) is 0 Å². The number of benzene rings is 4. The van der Waals surface area contributed by atoms with Gasteiger partial charge >= 0.3 is 11.9 Å². The predicted molar refractivity (Wildman–Crippen MR) is 118 cm³/mol. The summed E-state index contributed by atoms with van der Waals surface area (Å²) < 4.78 is 10.6. The fraction of sp³-hybridized carbons (Fsp3) is 0.231. The van der Waals surface area contributed by atoms with Gasteiger partial charge in [0.25, 0.3) is 0 Å². The Morgan fingerprint density at radius 3 is 1.53 bits per heavy atom. The Kier molecular flexibility index (Phi) is 4.43. The van der Waals surface area contributed by atoms with E-state index in [2.05, 4.69) is 48.5 Å². The summed E-state index contributed by atoms with van der Waals surface area (Å²) in [5.41, 5.74) is 3.03. The number of esters is 2. The van der Waals surface area contributed by atoms with Crippen LogP contribution in [-0.4, -0.2) is 25.2 Å². The molecular weight excluding hydrogens is 376 g/mol. The standard InChI is InChI=1S/C26H22O4/c1-3-29-25(27)21-13-19-17-9-5-7-15-11-12-16-8-6-10-18(24(16)23(15)17)20(19)14-22(21)26(28)30-4-2/h5-12H,3-4,13-14H2,1-2H3. The predicted octanol–water partition coefficient (Wildman–Crippen LogP) is 5.11. The van der Waals surface area contributed by atoms with Gasteiger partial charge < -0.3 is 9.47 Å². The van der Waals surface area contributed by atoms with Gasteiger partial charge in [-0.25, -0.2) is 9.59 Å². The van der Waals surface area contributed by atoms with Crippen LogP contribution in [-0.2, 0) is 31.9 Å². The lowest BCUT2D eigenvalue weighted by Gasteiger charge is -2.26. The maximum absolute atomic E-state index is 12.8. The highest BCUT2D eigenvalue weighted by Gasteiger charge is 2.31. The fourth-order valence-electron chi connectivity index (χ4n) is 4.78. The van der Waals surface area contributed by atoms with Crippen LogP contribution in [0.4, 0.5) is 0 Å². The molecule has 150 valence electrons. The summed E-state index contributed by atoms with van der Waals surface area (Å²) >= 11 is 0. The van der Waals surface area contributed by atoms with Crippen molar-refractivity contribution < 1.29 is 19.1 Å². The molecule has 1 aliphatic rings. The molecule has 0 unspecified atom stereocenters. The highest BCUT2D eigenvalue weighted by Crippen LogP contribution is 2.43. The molecule has 0 aromatic heterocycles. The van der Waals surface area contributed by atoms with Gasteiger partial charge in [0.05, 0.1) is 24.4 Å². The zero-order chi connectivity index (χ0) is 20.8. The molecule has 5 rings (SSSR count). The number of ether oxygens (including phenoxy) is 2. The second-order valence-corrected chi connectivity index (χ2v) is 7.58. The molecule has 0 heterocycles. The van der Waals surface area contributed by atoms with Crippen LogP contribution < -0.4 is 0 Å². The normalized spacial score (nSPS) is 13.8.